The Bertz CT molecular complexity index is 1120. The summed E-state index contributed by atoms with van der Waals surface area (Å²) >= 11 is 0. The maximum absolute atomic E-state index is 13.2. The minimum Gasteiger partial charge on any atom is -0.351 e. The summed E-state index contributed by atoms with van der Waals surface area (Å²) in [7, 11) is 0. The Morgan fingerprint density at radius 1 is 1.17 bits per heavy atom. The second kappa shape index (κ2) is 7.19. The number of fused-ring (bicyclic) bond motifs is 1. The van der Waals surface area contributed by atoms with E-state index in [0.717, 1.165) is 36.4 Å². The van der Waals surface area contributed by atoms with E-state index in [1.54, 1.807) is 16.8 Å². The molecule has 1 aromatic carbocycles. The predicted octanol–water partition coefficient (Wildman–Crippen LogP) is 1.81. The lowest BCUT2D eigenvalue weighted by atomic mass is 10.2. The topological polar surface area (TPSA) is 135 Å². The van der Waals surface area contributed by atoms with Gasteiger partial charge in [-0.1, -0.05) is 0 Å². The average molecular weight is 398 g/mol. The number of nitro groups is 1. The molecule has 0 saturated heterocycles. The molecular formula is C18H15FN6O4. The quantitative estimate of drug-likeness (QED) is 0.455. The van der Waals surface area contributed by atoms with Crippen molar-refractivity contribution in [3.63, 3.8) is 0 Å². The third-order valence-electron chi connectivity index (χ3n) is 4.63. The standard InChI is InChI=1S/C18H15FN6O4/c19-10-4-6-11(7-5-10)24-15-3-1-2-13(15)16(23-24)18(27)22-21-17(26)14-8-12(9-20-14)25(28)29/h4-9,20H,1-3H2,(H,21,26)(H,22,27). The molecule has 148 valence electrons. The summed E-state index contributed by atoms with van der Waals surface area (Å²) in [6.07, 6.45) is 3.32. The number of carbonyl (C=O) groups is 2. The van der Waals surface area contributed by atoms with Crippen molar-refractivity contribution in [2.24, 2.45) is 0 Å². The van der Waals surface area contributed by atoms with E-state index < -0.39 is 16.7 Å². The van der Waals surface area contributed by atoms with Gasteiger partial charge >= 0.3 is 0 Å². The molecule has 29 heavy (non-hydrogen) atoms. The van der Waals surface area contributed by atoms with Crippen molar-refractivity contribution in [3.8, 4) is 5.69 Å². The van der Waals surface area contributed by atoms with Crippen LogP contribution in [0.3, 0.4) is 0 Å². The van der Waals surface area contributed by atoms with Crippen LogP contribution in [0.4, 0.5) is 10.1 Å². The monoisotopic (exact) mass is 398 g/mol. The van der Waals surface area contributed by atoms with Crippen molar-refractivity contribution in [1.82, 2.24) is 25.6 Å². The van der Waals surface area contributed by atoms with Gasteiger partial charge in [0.25, 0.3) is 17.5 Å². The molecule has 1 aliphatic rings. The van der Waals surface area contributed by atoms with Crippen LogP contribution in [0.2, 0.25) is 0 Å². The van der Waals surface area contributed by atoms with E-state index in [2.05, 4.69) is 20.9 Å². The number of hydrogen-bond acceptors (Lipinski definition) is 5. The molecule has 10 nitrogen and oxygen atoms in total. The van der Waals surface area contributed by atoms with Crippen LogP contribution in [-0.4, -0.2) is 31.5 Å². The smallest absolute Gasteiger partial charge is 0.290 e. The molecule has 0 radical (unpaired) electrons. The maximum Gasteiger partial charge on any atom is 0.290 e. The second-order valence-corrected chi connectivity index (χ2v) is 6.45. The molecule has 0 aliphatic heterocycles. The van der Waals surface area contributed by atoms with Gasteiger partial charge in [0, 0.05) is 17.3 Å². The van der Waals surface area contributed by atoms with Gasteiger partial charge in [0.2, 0.25) is 0 Å². The summed E-state index contributed by atoms with van der Waals surface area (Å²) in [5.74, 6) is -1.72. The van der Waals surface area contributed by atoms with E-state index >= 15 is 0 Å². The highest BCUT2D eigenvalue weighted by atomic mass is 19.1. The van der Waals surface area contributed by atoms with E-state index in [-0.39, 0.29) is 22.9 Å². The van der Waals surface area contributed by atoms with Crippen LogP contribution >= 0.6 is 0 Å². The number of H-pyrrole nitrogens is 1. The summed E-state index contributed by atoms with van der Waals surface area (Å²) in [6.45, 7) is 0. The van der Waals surface area contributed by atoms with Crippen molar-refractivity contribution < 1.29 is 18.9 Å². The van der Waals surface area contributed by atoms with E-state index in [1.807, 2.05) is 0 Å². The van der Waals surface area contributed by atoms with E-state index in [0.29, 0.717) is 12.1 Å². The van der Waals surface area contributed by atoms with Gasteiger partial charge in [-0.25, -0.2) is 9.07 Å². The number of benzene rings is 1. The van der Waals surface area contributed by atoms with Gasteiger partial charge in [0.05, 0.1) is 16.8 Å². The number of nitrogens with one attached hydrogen (secondary N) is 3. The van der Waals surface area contributed by atoms with Crippen LogP contribution < -0.4 is 10.9 Å². The van der Waals surface area contributed by atoms with Crippen LogP contribution in [0.1, 0.15) is 38.7 Å². The number of carbonyl (C=O) groups excluding carboxylic acids is 2. The maximum atomic E-state index is 13.2. The molecule has 1 aliphatic carbocycles. The number of nitrogens with zero attached hydrogens (tertiary/aromatic N) is 3. The molecule has 3 aromatic rings. The summed E-state index contributed by atoms with van der Waals surface area (Å²) in [4.78, 5) is 37.2. The van der Waals surface area contributed by atoms with Gasteiger partial charge in [0.1, 0.15) is 11.5 Å². The third kappa shape index (κ3) is 3.45. The normalized spacial score (nSPS) is 12.4. The molecule has 0 bridgehead atoms. The van der Waals surface area contributed by atoms with Crippen molar-refractivity contribution in [2.45, 2.75) is 19.3 Å². The van der Waals surface area contributed by atoms with Gasteiger partial charge < -0.3 is 4.98 Å². The lowest BCUT2D eigenvalue weighted by Crippen LogP contribution is -2.42. The van der Waals surface area contributed by atoms with Crippen LogP contribution in [0.25, 0.3) is 5.69 Å². The number of aromatic nitrogens is 3. The van der Waals surface area contributed by atoms with Gasteiger partial charge in [-0.05, 0) is 43.5 Å². The largest absolute Gasteiger partial charge is 0.351 e. The first-order valence-electron chi connectivity index (χ1n) is 8.74. The fraction of sp³-hybridized carbons (Fsp3) is 0.167. The van der Waals surface area contributed by atoms with Crippen molar-refractivity contribution in [2.75, 3.05) is 0 Å². The zero-order valence-corrected chi connectivity index (χ0v) is 14.9. The fourth-order valence-corrected chi connectivity index (χ4v) is 3.28. The van der Waals surface area contributed by atoms with Crippen LogP contribution in [0.5, 0.6) is 0 Å². The van der Waals surface area contributed by atoms with Gasteiger partial charge in [-0.3, -0.25) is 30.6 Å². The van der Waals surface area contributed by atoms with Gasteiger partial charge in [0.15, 0.2) is 5.69 Å². The number of rotatable bonds is 4. The second-order valence-electron chi connectivity index (χ2n) is 6.45. The number of hydrazine groups is 1. The Kier molecular flexibility index (Phi) is 4.55. The molecule has 0 unspecified atom stereocenters. The summed E-state index contributed by atoms with van der Waals surface area (Å²) in [6, 6.07) is 6.83. The Hall–Kier alpha value is -4.02. The van der Waals surface area contributed by atoms with Crippen LogP contribution in [-0.2, 0) is 12.8 Å². The zero-order chi connectivity index (χ0) is 20.5. The Morgan fingerprint density at radius 2 is 1.90 bits per heavy atom. The first kappa shape index (κ1) is 18.3. The van der Waals surface area contributed by atoms with Crippen molar-refractivity contribution in [1.29, 1.82) is 0 Å². The van der Waals surface area contributed by atoms with Crippen molar-refractivity contribution in [3.05, 3.63) is 75.1 Å². The average Bonchev–Trinajstić information content (AvgIpc) is 3.42. The van der Waals surface area contributed by atoms with E-state index in [9.17, 15) is 24.1 Å². The molecular weight excluding hydrogens is 383 g/mol. The first-order chi connectivity index (χ1) is 13.9. The number of amides is 2. The highest BCUT2D eigenvalue weighted by Gasteiger charge is 2.27. The Morgan fingerprint density at radius 3 is 2.59 bits per heavy atom. The van der Waals surface area contributed by atoms with Gasteiger partial charge in [-0.2, -0.15) is 5.10 Å². The lowest BCUT2D eigenvalue weighted by Gasteiger charge is -2.06. The minimum atomic E-state index is -0.735. The molecule has 4 rings (SSSR count). The molecule has 2 aromatic heterocycles. The van der Waals surface area contributed by atoms with Crippen LogP contribution in [0.15, 0.2) is 36.5 Å². The number of halogens is 1. The van der Waals surface area contributed by atoms with Crippen molar-refractivity contribution >= 4 is 17.5 Å². The molecule has 2 heterocycles. The minimum absolute atomic E-state index is 0.0703. The summed E-state index contributed by atoms with van der Waals surface area (Å²) in [5, 5.41) is 15.0. The Balaban J connectivity index is 1.51. The zero-order valence-electron chi connectivity index (χ0n) is 14.9. The summed E-state index contributed by atoms with van der Waals surface area (Å²) < 4.78 is 14.8. The molecule has 0 spiro atoms. The van der Waals surface area contributed by atoms with Gasteiger partial charge in [-0.15, -0.1) is 0 Å². The summed E-state index contributed by atoms with van der Waals surface area (Å²) in [5.41, 5.74) is 6.58. The van der Waals surface area contributed by atoms with Crippen LogP contribution in [0, 0.1) is 15.9 Å². The fourth-order valence-electron chi connectivity index (χ4n) is 3.28. The predicted molar refractivity (Wildman–Crippen MR) is 97.9 cm³/mol. The third-order valence-corrected chi connectivity index (χ3v) is 4.63. The molecule has 3 N–H and O–H groups in total. The SMILES string of the molecule is O=C(NNC(=O)c1nn(-c2ccc(F)cc2)c2c1CCC2)c1cc([N+](=O)[O-])c[nH]1. The molecule has 0 saturated carbocycles. The number of hydrogen-bond donors (Lipinski definition) is 3. The molecule has 2 amide bonds. The molecule has 0 atom stereocenters. The highest BCUT2D eigenvalue weighted by molar-refractivity contribution is 5.98. The first-order valence-corrected chi connectivity index (χ1v) is 8.74. The lowest BCUT2D eigenvalue weighted by molar-refractivity contribution is -0.384. The number of aromatic amines is 1. The van der Waals surface area contributed by atoms with E-state index in [4.69, 9.17) is 0 Å². The Labute approximate surface area is 162 Å². The molecule has 0 fully saturated rings. The highest BCUT2D eigenvalue weighted by Crippen LogP contribution is 2.27. The van der Waals surface area contributed by atoms with E-state index in [1.165, 1.54) is 12.1 Å². The molecule has 11 heteroatoms.